The number of hydrogen-bond acceptors (Lipinski definition) is 4. The lowest BCUT2D eigenvalue weighted by Crippen LogP contribution is -2.21. The van der Waals surface area contributed by atoms with Gasteiger partial charge in [0.2, 0.25) is 0 Å². The van der Waals surface area contributed by atoms with Crippen LogP contribution in [0.25, 0.3) is 0 Å². The number of ketones is 1. The van der Waals surface area contributed by atoms with Crippen LogP contribution in [0.1, 0.15) is 22.8 Å². The number of allylic oxidation sites excluding steroid dienone is 1. The van der Waals surface area contributed by atoms with Crippen molar-refractivity contribution in [1.82, 2.24) is 0 Å². The van der Waals surface area contributed by atoms with Crippen LogP contribution in [0.15, 0.2) is 35.9 Å². The zero-order chi connectivity index (χ0) is 13.1. The second-order valence-electron chi connectivity index (χ2n) is 4.06. The minimum Gasteiger partial charge on any atom is -0.463 e. The summed E-state index contributed by atoms with van der Waals surface area (Å²) in [5, 5.41) is 9.99. The molecule has 1 aromatic rings. The highest BCUT2D eigenvalue weighted by Gasteiger charge is 2.26. The quantitative estimate of drug-likeness (QED) is 0.798. The maximum Gasteiger partial charge on any atom is 0.336 e. The normalized spacial score (nSPS) is 18.7. The van der Waals surface area contributed by atoms with E-state index in [1.807, 2.05) is 0 Å². The fourth-order valence-corrected chi connectivity index (χ4v) is 1.98. The molecule has 1 aromatic carbocycles. The third-order valence-corrected chi connectivity index (χ3v) is 2.85. The predicted molar refractivity (Wildman–Crippen MR) is 65.2 cm³/mol. The summed E-state index contributed by atoms with van der Waals surface area (Å²) in [6, 6.07) is 7.02. The minimum atomic E-state index is -1.00. The van der Waals surface area contributed by atoms with E-state index in [0.717, 1.165) is 5.56 Å². The van der Waals surface area contributed by atoms with E-state index in [1.165, 1.54) is 6.08 Å². The first-order valence-electron chi connectivity index (χ1n) is 5.82. The number of ether oxygens (including phenoxy) is 1. The van der Waals surface area contributed by atoms with Gasteiger partial charge in [-0.1, -0.05) is 24.3 Å². The molecule has 0 bridgehead atoms. The maximum atomic E-state index is 12.0. The van der Waals surface area contributed by atoms with Gasteiger partial charge in [0.25, 0.3) is 0 Å². The number of benzene rings is 1. The van der Waals surface area contributed by atoms with E-state index >= 15 is 0 Å². The molecule has 18 heavy (non-hydrogen) atoms. The lowest BCUT2D eigenvalue weighted by molar-refractivity contribution is -0.139. The molecule has 0 radical (unpaired) electrons. The van der Waals surface area contributed by atoms with Crippen LogP contribution in [0.4, 0.5) is 0 Å². The largest absolute Gasteiger partial charge is 0.463 e. The van der Waals surface area contributed by atoms with E-state index in [-0.39, 0.29) is 24.4 Å². The summed E-state index contributed by atoms with van der Waals surface area (Å²) in [4.78, 5) is 23.6. The Bertz CT molecular complexity index is 516. The third-order valence-electron chi connectivity index (χ3n) is 2.85. The number of aliphatic hydroxyl groups excluding tert-OH is 1. The van der Waals surface area contributed by atoms with Crippen molar-refractivity contribution in [2.45, 2.75) is 19.4 Å². The number of aliphatic hydroxyl groups is 1. The van der Waals surface area contributed by atoms with Crippen molar-refractivity contribution in [1.29, 1.82) is 0 Å². The van der Waals surface area contributed by atoms with E-state index in [0.29, 0.717) is 5.56 Å². The number of hydrogen-bond donors (Lipinski definition) is 1. The number of fused-ring (bicyclic) bond motifs is 1. The number of esters is 1. The zero-order valence-electron chi connectivity index (χ0n) is 10.1. The molecule has 0 aliphatic heterocycles. The first-order valence-corrected chi connectivity index (χ1v) is 5.82. The van der Waals surface area contributed by atoms with Gasteiger partial charge in [0.1, 0.15) is 0 Å². The zero-order valence-corrected chi connectivity index (χ0v) is 10.1. The van der Waals surface area contributed by atoms with Gasteiger partial charge in [0.05, 0.1) is 18.3 Å². The molecular formula is C14H14O4. The highest BCUT2D eigenvalue weighted by molar-refractivity contribution is 6.10. The van der Waals surface area contributed by atoms with Crippen molar-refractivity contribution in [3.63, 3.8) is 0 Å². The molecule has 1 unspecified atom stereocenters. The van der Waals surface area contributed by atoms with Crippen LogP contribution in [-0.2, 0) is 16.0 Å². The van der Waals surface area contributed by atoms with Crippen LogP contribution in [0.5, 0.6) is 0 Å². The molecule has 0 heterocycles. The SMILES string of the molecule is CCOC(=O)C1=CC(=O)c2ccccc2CC1O. The molecule has 0 saturated carbocycles. The summed E-state index contributed by atoms with van der Waals surface area (Å²) >= 11 is 0. The molecule has 0 amide bonds. The summed E-state index contributed by atoms with van der Waals surface area (Å²) < 4.78 is 4.84. The van der Waals surface area contributed by atoms with Gasteiger partial charge in [-0.3, -0.25) is 4.79 Å². The van der Waals surface area contributed by atoms with Crippen molar-refractivity contribution in [2.24, 2.45) is 0 Å². The van der Waals surface area contributed by atoms with Gasteiger partial charge in [-0.2, -0.15) is 0 Å². The fraction of sp³-hybridized carbons (Fsp3) is 0.286. The highest BCUT2D eigenvalue weighted by Crippen LogP contribution is 2.21. The lowest BCUT2D eigenvalue weighted by Gasteiger charge is -2.11. The molecular weight excluding hydrogens is 232 g/mol. The van der Waals surface area contributed by atoms with Gasteiger partial charge >= 0.3 is 5.97 Å². The Balaban J connectivity index is 2.38. The van der Waals surface area contributed by atoms with Gasteiger partial charge in [-0.25, -0.2) is 4.79 Å². The van der Waals surface area contributed by atoms with E-state index in [1.54, 1.807) is 31.2 Å². The molecule has 94 valence electrons. The van der Waals surface area contributed by atoms with Crippen molar-refractivity contribution >= 4 is 11.8 Å². The molecule has 0 aromatic heterocycles. The third kappa shape index (κ3) is 2.33. The van der Waals surface area contributed by atoms with Crippen LogP contribution in [0, 0.1) is 0 Å². The van der Waals surface area contributed by atoms with Crippen LogP contribution in [-0.4, -0.2) is 29.6 Å². The molecule has 4 nitrogen and oxygen atoms in total. The Morgan fingerprint density at radius 2 is 2.17 bits per heavy atom. The van der Waals surface area contributed by atoms with Crippen molar-refractivity contribution in [3.8, 4) is 0 Å². The van der Waals surface area contributed by atoms with E-state index < -0.39 is 12.1 Å². The molecule has 0 fully saturated rings. The number of rotatable bonds is 2. The monoisotopic (exact) mass is 246 g/mol. The van der Waals surface area contributed by atoms with Gasteiger partial charge in [0.15, 0.2) is 5.78 Å². The van der Waals surface area contributed by atoms with Crippen LogP contribution in [0.2, 0.25) is 0 Å². The van der Waals surface area contributed by atoms with E-state index in [2.05, 4.69) is 0 Å². The van der Waals surface area contributed by atoms with Gasteiger partial charge in [-0.05, 0) is 18.6 Å². The van der Waals surface area contributed by atoms with Gasteiger partial charge in [-0.15, -0.1) is 0 Å². The lowest BCUT2D eigenvalue weighted by atomic mass is 10.0. The predicted octanol–water partition coefficient (Wildman–Crippen LogP) is 1.28. The molecule has 1 aliphatic carbocycles. The maximum absolute atomic E-state index is 12.0. The molecule has 1 aliphatic rings. The molecule has 0 spiro atoms. The molecule has 2 rings (SSSR count). The fourth-order valence-electron chi connectivity index (χ4n) is 1.98. The van der Waals surface area contributed by atoms with Crippen molar-refractivity contribution < 1.29 is 19.4 Å². The topological polar surface area (TPSA) is 63.6 Å². The Hall–Kier alpha value is -1.94. The minimum absolute atomic E-state index is 0.0260. The van der Waals surface area contributed by atoms with Crippen molar-refractivity contribution in [2.75, 3.05) is 6.61 Å². The van der Waals surface area contributed by atoms with Gasteiger partial charge in [0, 0.05) is 12.0 Å². The summed E-state index contributed by atoms with van der Waals surface area (Å²) in [5.74, 6) is -0.906. The second kappa shape index (κ2) is 5.14. The number of carbonyl (C=O) groups excluding carboxylic acids is 2. The first kappa shape index (κ1) is 12.5. The molecule has 1 N–H and O–H groups in total. The smallest absolute Gasteiger partial charge is 0.336 e. The Morgan fingerprint density at radius 3 is 2.89 bits per heavy atom. The molecule has 0 saturated heterocycles. The van der Waals surface area contributed by atoms with Gasteiger partial charge < -0.3 is 9.84 Å². The van der Waals surface area contributed by atoms with Crippen molar-refractivity contribution in [3.05, 3.63) is 47.0 Å². The van der Waals surface area contributed by atoms with Crippen LogP contribution >= 0.6 is 0 Å². The second-order valence-corrected chi connectivity index (χ2v) is 4.06. The summed E-state index contributed by atoms with van der Waals surface area (Å²) in [7, 11) is 0. The Labute approximate surface area is 105 Å². The summed E-state index contributed by atoms with van der Waals surface area (Å²) in [6.07, 6.45) is 0.415. The highest BCUT2D eigenvalue weighted by atomic mass is 16.5. The van der Waals surface area contributed by atoms with E-state index in [9.17, 15) is 14.7 Å². The average molecular weight is 246 g/mol. The van der Waals surface area contributed by atoms with Crippen LogP contribution in [0.3, 0.4) is 0 Å². The van der Waals surface area contributed by atoms with E-state index in [4.69, 9.17) is 4.74 Å². The number of carbonyl (C=O) groups is 2. The van der Waals surface area contributed by atoms with Crippen LogP contribution < -0.4 is 0 Å². The summed E-state index contributed by atoms with van der Waals surface area (Å²) in [6.45, 7) is 1.89. The first-order chi connectivity index (χ1) is 8.63. The standard InChI is InChI=1S/C14H14O4/c1-2-18-14(17)11-8-13(16)10-6-4-3-5-9(10)7-12(11)15/h3-6,8,12,15H,2,7H2,1H3. The summed E-state index contributed by atoms with van der Waals surface area (Å²) in [5.41, 5.74) is 1.29. The molecule has 4 heteroatoms. The average Bonchev–Trinajstić information content (AvgIpc) is 2.47. The Morgan fingerprint density at radius 1 is 1.44 bits per heavy atom. The Kier molecular flexibility index (Phi) is 3.58. The molecule has 1 atom stereocenters.